The summed E-state index contributed by atoms with van der Waals surface area (Å²) in [6, 6.07) is 0. The molecule has 0 fully saturated rings. The Morgan fingerprint density at radius 3 is 2.77 bits per heavy atom. The molecule has 0 aromatic rings. The number of rotatable bonds is 3. The minimum Gasteiger partial charge on any atom is -0.0885 e. The first-order valence-electron chi connectivity index (χ1n) is 5.59. The molecule has 0 radical (unpaired) electrons. The van der Waals surface area contributed by atoms with Gasteiger partial charge in [0, 0.05) is 0 Å². The molecule has 0 heterocycles. The Kier molecular flexibility index (Phi) is 4.27. The highest BCUT2D eigenvalue weighted by Crippen LogP contribution is 2.28. The van der Waals surface area contributed by atoms with E-state index in [0.717, 1.165) is 11.8 Å². The highest BCUT2D eigenvalue weighted by molar-refractivity contribution is 5.11. The molecule has 13 heavy (non-hydrogen) atoms. The average Bonchev–Trinajstić information content (AvgIpc) is 2.15. The van der Waals surface area contributed by atoms with Gasteiger partial charge in [0.15, 0.2) is 0 Å². The van der Waals surface area contributed by atoms with Crippen LogP contribution in [0.15, 0.2) is 23.8 Å². The van der Waals surface area contributed by atoms with Crippen molar-refractivity contribution >= 4 is 0 Å². The topological polar surface area (TPSA) is 0 Å². The summed E-state index contributed by atoms with van der Waals surface area (Å²) in [5.41, 5.74) is 1.67. The summed E-state index contributed by atoms with van der Waals surface area (Å²) < 4.78 is 0. The first-order valence-corrected chi connectivity index (χ1v) is 5.59. The number of allylic oxidation sites excluding steroid dienone is 4. The molecule has 0 aromatic heterocycles. The molecule has 0 amide bonds. The summed E-state index contributed by atoms with van der Waals surface area (Å²) in [5.74, 6) is 1.58. The third kappa shape index (κ3) is 3.38. The van der Waals surface area contributed by atoms with Gasteiger partial charge in [0.05, 0.1) is 0 Å². The standard InChI is InChI=1S/C13H22/c1-4-5-6-12-7-9-13(10-8-12)11(2)3/h5-6,9,11-12H,4,7-8,10H2,1-3H3/b6-5+. The maximum absolute atomic E-state index is 2.46. The van der Waals surface area contributed by atoms with Crippen molar-refractivity contribution in [1.29, 1.82) is 0 Å². The van der Waals surface area contributed by atoms with Crippen LogP contribution in [0, 0.1) is 11.8 Å². The second kappa shape index (κ2) is 5.26. The Labute approximate surface area is 82.7 Å². The van der Waals surface area contributed by atoms with Crippen LogP contribution in [0.5, 0.6) is 0 Å². The van der Waals surface area contributed by atoms with E-state index in [9.17, 15) is 0 Å². The summed E-state index contributed by atoms with van der Waals surface area (Å²) in [5, 5.41) is 0. The summed E-state index contributed by atoms with van der Waals surface area (Å²) >= 11 is 0. The van der Waals surface area contributed by atoms with E-state index >= 15 is 0 Å². The van der Waals surface area contributed by atoms with E-state index in [2.05, 4.69) is 39.0 Å². The van der Waals surface area contributed by atoms with Crippen LogP contribution in [0.3, 0.4) is 0 Å². The van der Waals surface area contributed by atoms with Crippen molar-refractivity contribution in [3.05, 3.63) is 23.8 Å². The van der Waals surface area contributed by atoms with Gasteiger partial charge in [0.1, 0.15) is 0 Å². The Morgan fingerprint density at radius 2 is 2.31 bits per heavy atom. The third-order valence-electron chi connectivity index (χ3n) is 2.87. The Hall–Kier alpha value is -0.520. The van der Waals surface area contributed by atoms with E-state index in [-0.39, 0.29) is 0 Å². The maximum atomic E-state index is 2.46. The van der Waals surface area contributed by atoms with E-state index in [1.807, 2.05) is 0 Å². The minimum absolute atomic E-state index is 0.760. The van der Waals surface area contributed by atoms with E-state index in [4.69, 9.17) is 0 Å². The highest BCUT2D eigenvalue weighted by Gasteiger charge is 2.13. The van der Waals surface area contributed by atoms with Crippen LogP contribution in [0.25, 0.3) is 0 Å². The van der Waals surface area contributed by atoms with Gasteiger partial charge in [-0.2, -0.15) is 0 Å². The van der Waals surface area contributed by atoms with Gasteiger partial charge in [-0.05, 0) is 37.5 Å². The van der Waals surface area contributed by atoms with Gasteiger partial charge < -0.3 is 0 Å². The maximum Gasteiger partial charge on any atom is -0.0196 e. The molecule has 1 aliphatic carbocycles. The van der Waals surface area contributed by atoms with Gasteiger partial charge >= 0.3 is 0 Å². The van der Waals surface area contributed by atoms with E-state index in [1.165, 1.54) is 25.7 Å². The minimum atomic E-state index is 0.760. The fourth-order valence-corrected chi connectivity index (χ4v) is 1.90. The lowest BCUT2D eigenvalue weighted by Gasteiger charge is -2.21. The molecule has 0 nitrogen and oxygen atoms in total. The lowest BCUT2D eigenvalue weighted by atomic mass is 9.85. The van der Waals surface area contributed by atoms with Gasteiger partial charge in [-0.15, -0.1) is 0 Å². The Bertz CT molecular complexity index is 196. The van der Waals surface area contributed by atoms with Gasteiger partial charge in [-0.25, -0.2) is 0 Å². The zero-order chi connectivity index (χ0) is 9.68. The van der Waals surface area contributed by atoms with Crippen molar-refractivity contribution in [2.45, 2.75) is 46.5 Å². The van der Waals surface area contributed by atoms with Gasteiger partial charge in [-0.1, -0.05) is 44.6 Å². The van der Waals surface area contributed by atoms with Gasteiger partial charge in [-0.3, -0.25) is 0 Å². The number of hydrogen-bond acceptors (Lipinski definition) is 0. The molecule has 1 rings (SSSR count). The van der Waals surface area contributed by atoms with E-state index < -0.39 is 0 Å². The van der Waals surface area contributed by atoms with Crippen molar-refractivity contribution < 1.29 is 0 Å². The predicted octanol–water partition coefficient (Wildman–Crippen LogP) is 4.34. The summed E-state index contributed by atoms with van der Waals surface area (Å²) in [7, 11) is 0. The van der Waals surface area contributed by atoms with Crippen LogP contribution in [0.4, 0.5) is 0 Å². The number of hydrogen-bond donors (Lipinski definition) is 0. The van der Waals surface area contributed by atoms with Crippen molar-refractivity contribution in [2.75, 3.05) is 0 Å². The molecule has 0 bridgehead atoms. The first-order chi connectivity index (χ1) is 6.24. The van der Waals surface area contributed by atoms with E-state index in [0.29, 0.717) is 0 Å². The summed E-state index contributed by atoms with van der Waals surface area (Å²) in [6.45, 7) is 6.80. The first kappa shape index (κ1) is 10.6. The Morgan fingerprint density at radius 1 is 1.54 bits per heavy atom. The predicted molar refractivity (Wildman–Crippen MR) is 59.7 cm³/mol. The van der Waals surface area contributed by atoms with Crippen LogP contribution in [-0.2, 0) is 0 Å². The van der Waals surface area contributed by atoms with Crippen LogP contribution in [0.1, 0.15) is 46.5 Å². The molecule has 0 N–H and O–H groups in total. The van der Waals surface area contributed by atoms with Gasteiger partial charge in [0.25, 0.3) is 0 Å². The van der Waals surface area contributed by atoms with Crippen molar-refractivity contribution in [3.63, 3.8) is 0 Å². The van der Waals surface area contributed by atoms with Crippen LogP contribution < -0.4 is 0 Å². The SMILES string of the molecule is CC/C=C/C1CC=C(C(C)C)CC1. The molecule has 0 aromatic carbocycles. The molecule has 0 spiro atoms. The zero-order valence-electron chi connectivity index (χ0n) is 9.22. The molecule has 0 saturated carbocycles. The lowest BCUT2D eigenvalue weighted by molar-refractivity contribution is 0.532. The molecule has 1 atom stereocenters. The van der Waals surface area contributed by atoms with Crippen LogP contribution in [-0.4, -0.2) is 0 Å². The van der Waals surface area contributed by atoms with Crippen molar-refractivity contribution in [3.8, 4) is 0 Å². The van der Waals surface area contributed by atoms with E-state index in [1.54, 1.807) is 5.57 Å². The van der Waals surface area contributed by atoms with Crippen molar-refractivity contribution in [1.82, 2.24) is 0 Å². The monoisotopic (exact) mass is 178 g/mol. The average molecular weight is 178 g/mol. The fourth-order valence-electron chi connectivity index (χ4n) is 1.90. The highest BCUT2D eigenvalue weighted by atomic mass is 14.2. The molecule has 1 aliphatic rings. The fraction of sp³-hybridized carbons (Fsp3) is 0.692. The third-order valence-corrected chi connectivity index (χ3v) is 2.87. The molecule has 1 unspecified atom stereocenters. The molecule has 0 saturated heterocycles. The largest absolute Gasteiger partial charge is 0.0885 e. The van der Waals surface area contributed by atoms with Gasteiger partial charge in [0.2, 0.25) is 0 Å². The van der Waals surface area contributed by atoms with Crippen LogP contribution in [0.2, 0.25) is 0 Å². The van der Waals surface area contributed by atoms with Crippen molar-refractivity contribution in [2.24, 2.45) is 11.8 Å². The molecule has 74 valence electrons. The smallest absolute Gasteiger partial charge is 0.0196 e. The molecular weight excluding hydrogens is 156 g/mol. The normalized spacial score (nSPS) is 24.0. The zero-order valence-corrected chi connectivity index (χ0v) is 9.22. The molecule has 0 heteroatoms. The Balaban J connectivity index is 2.41. The van der Waals surface area contributed by atoms with Crippen LogP contribution >= 0.6 is 0 Å². The summed E-state index contributed by atoms with van der Waals surface area (Å²) in [6.07, 6.45) is 12.3. The second-order valence-corrected chi connectivity index (χ2v) is 4.30. The quantitative estimate of drug-likeness (QED) is 0.564. The summed E-state index contributed by atoms with van der Waals surface area (Å²) in [4.78, 5) is 0. The lowest BCUT2D eigenvalue weighted by Crippen LogP contribution is -2.06. The molecular formula is C13H22. The second-order valence-electron chi connectivity index (χ2n) is 4.30. The molecule has 0 aliphatic heterocycles.